The first kappa shape index (κ1) is 11.8. The van der Waals surface area contributed by atoms with Crippen LogP contribution < -0.4 is 5.73 Å². The Kier molecular flexibility index (Phi) is 2.75. The van der Waals surface area contributed by atoms with Gasteiger partial charge in [-0.2, -0.15) is 4.98 Å². The first-order valence-electron chi connectivity index (χ1n) is 5.27. The molecule has 0 aliphatic carbocycles. The molecule has 0 saturated heterocycles. The number of hydrogen-bond acceptors (Lipinski definition) is 5. The van der Waals surface area contributed by atoms with Gasteiger partial charge in [0.25, 0.3) is 5.89 Å². The zero-order valence-corrected chi connectivity index (χ0v) is 10.2. The molecule has 2 heterocycles. The van der Waals surface area contributed by atoms with Crippen LogP contribution in [0.1, 0.15) is 0 Å². The summed E-state index contributed by atoms with van der Waals surface area (Å²) in [6.07, 6.45) is 0. The molecule has 4 nitrogen and oxygen atoms in total. The molecule has 0 saturated carbocycles. The topological polar surface area (TPSA) is 64.9 Å². The molecule has 1 aromatic carbocycles. The van der Waals surface area contributed by atoms with Gasteiger partial charge in [0.05, 0.1) is 5.69 Å². The first-order chi connectivity index (χ1) is 9.15. The number of hydrogen-bond donors (Lipinski definition) is 1. The third-order valence-electron chi connectivity index (χ3n) is 2.49. The Morgan fingerprint density at radius 2 is 2.00 bits per heavy atom. The maximum atomic E-state index is 13.1. The van der Waals surface area contributed by atoms with E-state index in [9.17, 15) is 8.78 Å². The van der Waals surface area contributed by atoms with E-state index in [1.54, 1.807) is 11.4 Å². The average Bonchev–Trinajstić information content (AvgIpc) is 3.01. The van der Waals surface area contributed by atoms with E-state index >= 15 is 0 Å². The van der Waals surface area contributed by atoms with E-state index in [4.69, 9.17) is 10.3 Å². The van der Waals surface area contributed by atoms with Crippen LogP contribution in [0.25, 0.3) is 22.2 Å². The van der Waals surface area contributed by atoms with Gasteiger partial charge in [-0.05, 0) is 29.6 Å². The lowest BCUT2D eigenvalue weighted by Gasteiger charge is -1.95. The fourth-order valence-electron chi connectivity index (χ4n) is 1.56. The van der Waals surface area contributed by atoms with Crippen molar-refractivity contribution in [2.24, 2.45) is 0 Å². The van der Waals surface area contributed by atoms with Gasteiger partial charge in [0, 0.05) is 5.56 Å². The quantitative estimate of drug-likeness (QED) is 0.781. The molecule has 0 bridgehead atoms. The number of nitrogens with zero attached hydrogens (tertiary/aromatic N) is 2. The number of aromatic nitrogens is 2. The highest BCUT2D eigenvalue weighted by Gasteiger charge is 2.15. The molecule has 3 rings (SSSR count). The maximum Gasteiger partial charge on any atom is 0.270 e. The number of anilines is 1. The number of halogens is 2. The number of thiophene rings is 1. The molecular weight excluding hydrogens is 272 g/mol. The fourth-order valence-corrected chi connectivity index (χ4v) is 2.30. The van der Waals surface area contributed by atoms with Crippen molar-refractivity contribution in [1.29, 1.82) is 0 Å². The van der Waals surface area contributed by atoms with Crippen molar-refractivity contribution in [3.63, 3.8) is 0 Å². The summed E-state index contributed by atoms with van der Waals surface area (Å²) in [5.41, 5.74) is 6.61. The van der Waals surface area contributed by atoms with Crippen LogP contribution in [0.2, 0.25) is 0 Å². The Balaban J connectivity index is 2.01. The zero-order valence-electron chi connectivity index (χ0n) is 9.43. The molecule has 2 aromatic heterocycles. The Bertz CT molecular complexity index is 738. The minimum Gasteiger partial charge on any atom is -0.397 e. The monoisotopic (exact) mass is 279 g/mol. The SMILES string of the molecule is Nc1ccsc1-c1nc(-c2ccc(F)c(F)c2)no1. The highest BCUT2D eigenvalue weighted by Crippen LogP contribution is 2.31. The van der Waals surface area contributed by atoms with Gasteiger partial charge >= 0.3 is 0 Å². The second-order valence-electron chi connectivity index (χ2n) is 3.76. The molecule has 2 N–H and O–H groups in total. The van der Waals surface area contributed by atoms with Crippen molar-refractivity contribution in [2.75, 3.05) is 5.73 Å². The van der Waals surface area contributed by atoms with Crippen LogP contribution in [-0.4, -0.2) is 10.1 Å². The molecule has 7 heteroatoms. The van der Waals surface area contributed by atoms with Gasteiger partial charge in [-0.25, -0.2) is 8.78 Å². The molecule has 0 spiro atoms. The van der Waals surface area contributed by atoms with Gasteiger partial charge in [-0.15, -0.1) is 11.3 Å². The third kappa shape index (κ3) is 2.08. The highest BCUT2D eigenvalue weighted by atomic mass is 32.1. The molecular formula is C12H7F2N3OS. The molecule has 96 valence electrons. The van der Waals surface area contributed by atoms with Crippen molar-refractivity contribution >= 4 is 17.0 Å². The first-order valence-corrected chi connectivity index (χ1v) is 6.15. The summed E-state index contributed by atoms with van der Waals surface area (Å²) in [6, 6.07) is 5.13. The van der Waals surface area contributed by atoms with Crippen molar-refractivity contribution in [3.05, 3.63) is 41.3 Å². The van der Waals surface area contributed by atoms with Crippen LogP contribution in [0.15, 0.2) is 34.2 Å². The Hall–Kier alpha value is -2.28. The summed E-state index contributed by atoms with van der Waals surface area (Å²) >= 11 is 1.36. The zero-order chi connectivity index (χ0) is 13.4. The van der Waals surface area contributed by atoms with E-state index in [0.29, 0.717) is 16.1 Å². The summed E-state index contributed by atoms with van der Waals surface area (Å²) in [7, 11) is 0. The predicted octanol–water partition coefficient (Wildman–Crippen LogP) is 3.33. The Labute approximate surface area is 110 Å². The van der Waals surface area contributed by atoms with Crippen LogP contribution >= 0.6 is 11.3 Å². The smallest absolute Gasteiger partial charge is 0.270 e. The minimum atomic E-state index is -0.959. The van der Waals surface area contributed by atoms with E-state index in [2.05, 4.69) is 10.1 Å². The van der Waals surface area contributed by atoms with Gasteiger partial charge in [0.15, 0.2) is 11.6 Å². The van der Waals surface area contributed by atoms with Crippen molar-refractivity contribution in [2.45, 2.75) is 0 Å². The molecule has 0 amide bonds. The van der Waals surface area contributed by atoms with Gasteiger partial charge in [-0.3, -0.25) is 0 Å². The van der Waals surface area contributed by atoms with E-state index in [-0.39, 0.29) is 11.7 Å². The number of nitrogen functional groups attached to an aromatic ring is 1. The molecule has 0 unspecified atom stereocenters. The van der Waals surface area contributed by atoms with Crippen LogP contribution in [0.5, 0.6) is 0 Å². The van der Waals surface area contributed by atoms with Crippen molar-refractivity contribution in [1.82, 2.24) is 10.1 Å². The lowest BCUT2D eigenvalue weighted by atomic mass is 10.2. The molecule has 0 aliphatic heterocycles. The van der Waals surface area contributed by atoms with Crippen LogP contribution in [-0.2, 0) is 0 Å². The van der Waals surface area contributed by atoms with E-state index in [0.717, 1.165) is 12.1 Å². The van der Waals surface area contributed by atoms with Gasteiger partial charge in [0.1, 0.15) is 4.88 Å². The highest BCUT2D eigenvalue weighted by molar-refractivity contribution is 7.14. The summed E-state index contributed by atoms with van der Waals surface area (Å²) in [4.78, 5) is 4.77. The number of rotatable bonds is 2. The average molecular weight is 279 g/mol. The lowest BCUT2D eigenvalue weighted by Crippen LogP contribution is -1.87. The second kappa shape index (κ2) is 4.43. The Morgan fingerprint density at radius 3 is 2.68 bits per heavy atom. The summed E-state index contributed by atoms with van der Waals surface area (Å²) in [6.45, 7) is 0. The molecule has 0 radical (unpaired) electrons. The van der Waals surface area contributed by atoms with E-state index in [1.807, 2.05) is 0 Å². The van der Waals surface area contributed by atoms with Gasteiger partial charge < -0.3 is 10.3 Å². The standard InChI is InChI=1S/C12H7F2N3OS/c13-7-2-1-6(5-8(7)14)11-16-12(18-17-11)10-9(15)3-4-19-10/h1-5H,15H2. The summed E-state index contributed by atoms with van der Waals surface area (Å²) in [5, 5.41) is 5.53. The van der Waals surface area contributed by atoms with E-state index < -0.39 is 11.6 Å². The second-order valence-corrected chi connectivity index (χ2v) is 4.67. The van der Waals surface area contributed by atoms with Crippen LogP contribution in [0.3, 0.4) is 0 Å². The van der Waals surface area contributed by atoms with Crippen LogP contribution in [0.4, 0.5) is 14.5 Å². The van der Waals surface area contributed by atoms with Gasteiger partial charge in [0.2, 0.25) is 5.82 Å². The normalized spacial score (nSPS) is 10.8. The molecule has 0 fully saturated rings. The maximum absolute atomic E-state index is 13.1. The summed E-state index contributed by atoms with van der Waals surface area (Å²) in [5.74, 6) is -1.44. The summed E-state index contributed by atoms with van der Waals surface area (Å²) < 4.78 is 31.0. The van der Waals surface area contributed by atoms with E-state index in [1.165, 1.54) is 17.4 Å². The number of nitrogens with two attached hydrogens (primary N) is 1. The number of benzene rings is 1. The van der Waals surface area contributed by atoms with Gasteiger partial charge in [-0.1, -0.05) is 5.16 Å². The van der Waals surface area contributed by atoms with Crippen molar-refractivity contribution < 1.29 is 13.3 Å². The molecule has 19 heavy (non-hydrogen) atoms. The fraction of sp³-hybridized carbons (Fsp3) is 0. The van der Waals surface area contributed by atoms with Crippen molar-refractivity contribution in [3.8, 4) is 22.2 Å². The predicted molar refractivity (Wildman–Crippen MR) is 67.4 cm³/mol. The third-order valence-corrected chi connectivity index (χ3v) is 3.41. The largest absolute Gasteiger partial charge is 0.397 e. The molecule has 0 aliphatic rings. The Morgan fingerprint density at radius 1 is 1.16 bits per heavy atom. The van der Waals surface area contributed by atoms with Crippen LogP contribution in [0, 0.1) is 11.6 Å². The lowest BCUT2D eigenvalue weighted by molar-refractivity contribution is 0.433. The molecule has 3 aromatic rings. The minimum absolute atomic E-state index is 0.182. The molecule has 0 atom stereocenters.